The third kappa shape index (κ3) is 4.65. The van der Waals surface area contributed by atoms with Crippen molar-refractivity contribution in [1.82, 2.24) is 5.32 Å². The molecule has 0 aromatic carbocycles. The van der Waals surface area contributed by atoms with Crippen LogP contribution in [0.1, 0.15) is 46.5 Å². The quantitative estimate of drug-likeness (QED) is 0.731. The Kier molecular flexibility index (Phi) is 4.14. The number of amides is 1. The van der Waals surface area contributed by atoms with Gasteiger partial charge in [-0.15, -0.1) is 0 Å². The number of nitrogens with one attached hydrogen (secondary N) is 1. The maximum atomic E-state index is 11.8. The number of rotatable bonds is 2. The van der Waals surface area contributed by atoms with Gasteiger partial charge in [-0.1, -0.05) is 27.2 Å². The second kappa shape index (κ2) is 4.97. The molecule has 3 N–H and O–H groups in total. The van der Waals surface area contributed by atoms with Crippen LogP contribution in [-0.4, -0.2) is 18.5 Å². The molecule has 1 fully saturated rings. The maximum Gasteiger partial charge on any atom is 0.223 e. The van der Waals surface area contributed by atoms with Crippen molar-refractivity contribution in [3.05, 3.63) is 0 Å². The third-order valence-corrected chi connectivity index (χ3v) is 2.88. The highest BCUT2D eigenvalue weighted by Gasteiger charge is 2.25. The minimum Gasteiger partial charge on any atom is -0.355 e. The smallest absolute Gasteiger partial charge is 0.223 e. The van der Waals surface area contributed by atoms with Gasteiger partial charge in [0.1, 0.15) is 0 Å². The lowest BCUT2D eigenvalue weighted by Crippen LogP contribution is -2.40. The number of carbonyl (C=O) groups excluding carboxylic acids is 1. The fourth-order valence-corrected chi connectivity index (χ4v) is 1.96. The molecule has 1 aliphatic carbocycles. The number of nitrogens with two attached hydrogens (primary N) is 1. The first kappa shape index (κ1) is 12.5. The van der Waals surface area contributed by atoms with E-state index in [4.69, 9.17) is 5.73 Å². The molecule has 88 valence electrons. The van der Waals surface area contributed by atoms with Gasteiger partial charge in [-0.05, 0) is 24.7 Å². The number of hydrogen-bond acceptors (Lipinski definition) is 2. The molecule has 0 bridgehead atoms. The monoisotopic (exact) mass is 212 g/mol. The lowest BCUT2D eigenvalue weighted by atomic mass is 9.85. The lowest BCUT2D eigenvalue weighted by molar-refractivity contribution is -0.126. The van der Waals surface area contributed by atoms with Crippen molar-refractivity contribution in [2.45, 2.75) is 52.5 Å². The van der Waals surface area contributed by atoms with Crippen molar-refractivity contribution in [2.75, 3.05) is 6.54 Å². The molecule has 2 unspecified atom stereocenters. The lowest BCUT2D eigenvalue weighted by Gasteiger charge is -2.27. The molecule has 3 heteroatoms. The van der Waals surface area contributed by atoms with Gasteiger partial charge in [0.05, 0.1) is 0 Å². The standard InChI is InChI=1S/C12H24N2O/c1-12(2,3)8-14-11(15)9-5-4-6-10(13)7-9/h9-10H,4-8,13H2,1-3H3,(H,14,15). The predicted molar refractivity (Wildman–Crippen MR) is 62.4 cm³/mol. The first-order valence-electron chi connectivity index (χ1n) is 5.92. The molecule has 1 rings (SSSR count). The second-order valence-corrected chi connectivity index (χ2v) is 5.90. The Morgan fingerprint density at radius 2 is 2.07 bits per heavy atom. The van der Waals surface area contributed by atoms with E-state index in [-0.39, 0.29) is 23.3 Å². The van der Waals surface area contributed by atoms with Crippen LogP contribution >= 0.6 is 0 Å². The predicted octanol–water partition coefficient (Wildman–Crippen LogP) is 1.67. The highest BCUT2D eigenvalue weighted by Crippen LogP contribution is 2.23. The first-order valence-corrected chi connectivity index (χ1v) is 5.92. The minimum absolute atomic E-state index is 0.149. The van der Waals surface area contributed by atoms with E-state index in [1.54, 1.807) is 0 Å². The van der Waals surface area contributed by atoms with E-state index >= 15 is 0 Å². The fourth-order valence-electron chi connectivity index (χ4n) is 1.96. The van der Waals surface area contributed by atoms with Gasteiger partial charge in [-0.25, -0.2) is 0 Å². The molecule has 2 atom stereocenters. The summed E-state index contributed by atoms with van der Waals surface area (Å²) in [5.41, 5.74) is 6.02. The van der Waals surface area contributed by atoms with Gasteiger partial charge in [-0.2, -0.15) is 0 Å². The summed E-state index contributed by atoms with van der Waals surface area (Å²) in [7, 11) is 0. The minimum atomic E-state index is 0.149. The van der Waals surface area contributed by atoms with Gasteiger partial charge < -0.3 is 11.1 Å². The van der Waals surface area contributed by atoms with Crippen molar-refractivity contribution in [2.24, 2.45) is 17.1 Å². The zero-order chi connectivity index (χ0) is 11.5. The molecule has 0 heterocycles. The van der Waals surface area contributed by atoms with Gasteiger partial charge in [0.2, 0.25) is 5.91 Å². The normalized spacial score (nSPS) is 27.5. The van der Waals surface area contributed by atoms with Gasteiger partial charge in [0, 0.05) is 18.5 Å². The number of carbonyl (C=O) groups is 1. The van der Waals surface area contributed by atoms with Crippen LogP contribution in [0.2, 0.25) is 0 Å². The van der Waals surface area contributed by atoms with E-state index in [0.29, 0.717) is 0 Å². The Morgan fingerprint density at radius 1 is 1.40 bits per heavy atom. The molecular weight excluding hydrogens is 188 g/mol. The molecule has 0 saturated heterocycles. The highest BCUT2D eigenvalue weighted by atomic mass is 16.1. The molecule has 0 aromatic heterocycles. The second-order valence-electron chi connectivity index (χ2n) is 5.90. The summed E-state index contributed by atoms with van der Waals surface area (Å²) >= 11 is 0. The molecule has 0 radical (unpaired) electrons. The van der Waals surface area contributed by atoms with Crippen LogP contribution in [0.15, 0.2) is 0 Å². The first-order chi connectivity index (χ1) is 6.88. The highest BCUT2D eigenvalue weighted by molar-refractivity contribution is 5.78. The summed E-state index contributed by atoms with van der Waals surface area (Å²) in [5.74, 6) is 0.344. The van der Waals surface area contributed by atoms with Crippen molar-refractivity contribution in [1.29, 1.82) is 0 Å². The zero-order valence-electron chi connectivity index (χ0n) is 10.2. The molecule has 0 spiro atoms. The van der Waals surface area contributed by atoms with Gasteiger partial charge >= 0.3 is 0 Å². The van der Waals surface area contributed by atoms with Crippen LogP contribution in [0.5, 0.6) is 0 Å². The Morgan fingerprint density at radius 3 is 2.60 bits per heavy atom. The molecule has 0 aromatic rings. The average molecular weight is 212 g/mol. The molecule has 3 nitrogen and oxygen atoms in total. The SMILES string of the molecule is CC(C)(C)CNC(=O)C1CCCC(N)C1. The summed E-state index contributed by atoms with van der Waals surface area (Å²) in [5, 5.41) is 3.02. The Hall–Kier alpha value is -0.570. The Bertz CT molecular complexity index is 220. The van der Waals surface area contributed by atoms with E-state index in [9.17, 15) is 4.79 Å². The molecule has 1 aliphatic rings. The van der Waals surface area contributed by atoms with E-state index in [0.717, 1.165) is 32.2 Å². The molecule has 1 saturated carbocycles. The van der Waals surface area contributed by atoms with E-state index in [1.807, 2.05) is 0 Å². The van der Waals surface area contributed by atoms with Crippen LogP contribution in [0.4, 0.5) is 0 Å². The molecule has 15 heavy (non-hydrogen) atoms. The Balaban J connectivity index is 2.33. The molecule has 0 aliphatic heterocycles. The fraction of sp³-hybridized carbons (Fsp3) is 0.917. The van der Waals surface area contributed by atoms with Crippen LogP contribution in [0, 0.1) is 11.3 Å². The average Bonchev–Trinajstić information content (AvgIpc) is 2.13. The van der Waals surface area contributed by atoms with Gasteiger partial charge in [-0.3, -0.25) is 4.79 Å². The number of hydrogen-bond donors (Lipinski definition) is 2. The van der Waals surface area contributed by atoms with Gasteiger partial charge in [0.25, 0.3) is 0 Å². The molecule has 1 amide bonds. The summed E-state index contributed by atoms with van der Waals surface area (Å²) in [6, 6.07) is 0.226. The zero-order valence-corrected chi connectivity index (χ0v) is 10.2. The van der Waals surface area contributed by atoms with Crippen LogP contribution < -0.4 is 11.1 Å². The summed E-state index contributed by atoms with van der Waals surface area (Å²) < 4.78 is 0. The van der Waals surface area contributed by atoms with Gasteiger partial charge in [0.15, 0.2) is 0 Å². The van der Waals surface area contributed by atoms with E-state index < -0.39 is 0 Å². The van der Waals surface area contributed by atoms with Crippen molar-refractivity contribution in [3.63, 3.8) is 0 Å². The maximum absolute atomic E-state index is 11.8. The summed E-state index contributed by atoms with van der Waals surface area (Å²) in [6.07, 6.45) is 4.03. The third-order valence-electron chi connectivity index (χ3n) is 2.88. The summed E-state index contributed by atoms with van der Waals surface area (Å²) in [6.45, 7) is 7.12. The van der Waals surface area contributed by atoms with E-state index in [2.05, 4.69) is 26.1 Å². The van der Waals surface area contributed by atoms with Crippen molar-refractivity contribution < 1.29 is 4.79 Å². The van der Waals surface area contributed by atoms with E-state index in [1.165, 1.54) is 0 Å². The largest absolute Gasteiger partial charge is 0.355 e. The van der Waals surface area contributed by atoms with Crippen molar-refractivity contribution >= 4 is 5.91 Å². The topological polar surface area (TPSA) is 55.1 Å². The summed E-state index contributed by atoms with van der Waals surface area (Å²) in [4.78, 5) is 11.8. The molecular formula is C12H24N2O. The van der Waals surface area contributed by atoms with Crippen molar-refractivity contribution in [3.8, 4) is 0 Å². The Labute approximate surface area is 92.8 Å². The van der Waals surface area contributed by atoms with Crippen LogP contribution in [0.25, 0.3) is 0 Å². The van der Waals surface area contributed by atoms with Crippen LogP contribution in [0.3, 0.4) is 0 Å². The van der Waals surface area contributed by atoms with Crippen LogP contribution in [-0.2, 0) is 4.79 Å².